The van der Waals surface area contributed by atoms with E-state index in [4.69, 9.17) is 4.74 Å². The summed E-state index contributed by atoms with van der Waals surface area (Å²) in [6.07, 6.45) is 0. The first kappa shape index (κ1) is 20.7. The molecule has 4 rings (SSSR count). The van der Waals surface area contributed by atoms with Crippen LogP contribution in [-0.4, -0.2) is 56.0 Å². The number of benzene rings is 3. The number of thioether (sulfide) groups is 1. The second kappa shape index (κ2) is 9.05. The molecule has 0 unspecified atom stereocenters. The highest BCUT2D eigenvalue weighted by atomic mass is 32.2. The minimum absolute atomic E-state index is 0.0277. The van der Waals surface area contributed by atoms with Crippen molar-refractivity contribution in [3.8, 4) is 17.2 Å². The lowest BCUT2D eigenvalue weighted by Gasteiger charge is -2.17. The van der Waals surface area contributed by atoms with E-state index in [9.17, 15) is 9.90 Å². The van der Waals surface area contributed by atoms with Crippen LogP contribution >= 0.6 is 11.8 Å². The number of phenolic OH excluding ortho intramolecular Hbond substituents is 1. The van der Waals surface area contributed by atoms with Crippen LogP contribution in [0.4, 0.5) is 0 Å². The molecule has 1 aromatic heterocycles. The van der Waals surface area contributed by atoms with Crippen LogP contribution in [0.15, 0.2) is 65.8 Å². The molecule has 9 heteroatoms. The molecule has 0 radical (unpaired) electrons. The zero-order chi connectivity index (χ0) is 21.8. The fourth-order valence-corrected chi connectivity index (χ4v) is 3.95. The summed E-state index contributed by atoms with van der Waals surface area (Å²) in [5, 5.41) is 23.8. The maximum absolute atomic E-state index is 12.7. The van der Waals surface area contributed by atoms with Crippen molar-refractivity contribution in [2.45, 2.75) is 11.7 Å². The summed E-state index contributed by atoms with van der Waals surface area (Å²) in [6.45, 7) is 0.504. The van der Waals surface area contributed by atoms with Crippen molar-refractivity contribution in [1.29, 1.82) is 0 Å². The summed E-state index contributed by atoms with van der Waals surface area (Å²) in [5.74, 6) is 1.16. The molecule has 0 bridgehead atoms. The molecule has 0 saturated carbocycles. The smallest absolute Gasteiger partial charge is 0.233 e. The van der Waals surface area contributed by atoms with Crippen molar-refractivity contribution in [2.75, 3.05) is 19.9 Å². The van der Waals surface area contributed by atoms with Gasteiger partial charge in [0.25, 0.3) is 0 Å². The van der Waals surface area contributed by atoms with Crippen LogP contribution in [0.5, 0.6) is 11.5 Å². The maximum atomic E-state index is 12.7. The average Bonchev–Trinajstić information content (AvgIpc) is 3.26. The number of hydrogen-bond acceptors (Lipinski definition) is 7. The Morgan fingerprint density at radius 3 is 2.61 bits per heavy atom. The molecule has 0 saturated heterocycles. The zero-order valence-corrected chi connectivity index (χ0v) is 17.9. The minimum Gasteiger partial charge on any atom is -0.508 e. The Labute approximate surface area is 183 Å². The fourth-order valence-electron chi connectivity index (χ4n) is 3.12. The van der Waals surface area contributed by atoms with Gasteiger partial charge in [0.2, 0.25) is 11.1 Å². The Balaban J connectivity index is 1.39. The quantitative estimate of drug-likeness (QED) is 0.445. The van der Waals surface area contributed by atoms with Gasteiger partial charge in [-0.05, 0) is 69.2 Å². The Morgan fingerprint density at radius 1 is 1.10 bits per heavy atom. The van der Waals surface area contributed by atoms with E-state index in [1.165, 1.54) is 16.4 Å². The van der Waals surface area contributed by atoms with Crippen LogP contribution < -0.4 is 4.74 Å². The molecule has 1 amide bonds. The summed E-state index contributed by atoms with van der Waals surface area (Å²) in [6, 6.07) is 18.6. The SMILES string of the molecule is COc1ccc2cc(CN(C)C(=O)CSc3nnnn3-c3ccc(O)cc3)ccc2c1. The molecule has 1 N–H and O–H groups in total. The molecule has 0 atom stereocenters. The number of hydrogen-bond donors (Lipinski definition) is 1. The van der Waals surface area contributed by atoms with Gasteiger partial charge in [-0.2, -0.15) is 4.68 Å². The van der Waals surface area contributed by atoms with Crippen molar-refractivity contribution in [2.24, 2.45) is 0 Å². The monoisotopic (exact) mass is 435 g/mol. The third-order valence-corrected chi connectivity index (χ3v) is 5.72. The second-order valence-corrected chi connectivity index (χ2v) is 7.92. The Morgan fingerprint density at radius 2 is 1.84 bits per heavy atom. The summed E-state index contributed by atoms with van der Waals surface area (Å²) >= 11 is 1.27. The number of tetrazole rings is 1. The molecule has 0 aliphatic heterocycles. The third kappa shape index (κ3) is 4.77. The number of amides is 1. The lowest BCUT2D eigenvalue weighted by molar-refractivity contribution is -0.127. The van der Waals surface area contributed by atoms with Gasteiger partial charge < -0.3 is 14.7 Å². The van der Waals surface area contributed by atoms with Crippen LogP contribution in [-0.2, 0) is 11.3 Å². The summed E-state index contributed by atoms with van der Waals surface area (Å²) < 4.78 is 6.80. The van der Waals surface area contributed by atoms with Gasteiger partial charge in [0, 0.05) is 13.6 Å². The molecule has 1 heterocycles. The van der Waals surface area contributed by atoms with Crippen LogP contribution in [0.1, 0.15) is 5.56 Å². The number of aromatic hydroxyl groups is 1. The Hall–Kier alpha value is -3.59. The number of aromatic nitrogens is 4. The molecule has 3 aromatic carbocycles. The lowest BCUT2D eigenvalue weighted by atomic mass is 10.1. The molecule has 4 aromatic rings. The summed E-state index contributed by atoms with van der Waals surface area (Å²) in [7, 11) is 3.43. The second-order valence-electron chi connectivity index (χ2n) is 6.98. The number of carbonyl (C=O) groups is 1. The molecule has 8 nitrogen and oxygen atoms in total. The average molecular weight is 436 g/mol. The van der Waals surface area contributed by atoms with Crippen molar-refractivity contribution in [3.63, 3.8) is 0 Å². The number of phenols is 1. The van der Waals surface area contributed by atoms with Crippen molar-refractivity contribution in [3.05, 3.63) is 66.2 Å². The summed E-state index contributed by atoms with van der Waals surface area (Å²) in [4.78, 5) is 14.3. The molecular weight excluding hydrogens is 414 g/mol. The topological polar surface area (TPSA) is 93.4 Å². The highest BCUT2D eigenvalue weighted by molar-refractivity contribution is 7.99. The highest BCUT2D eigenvalue weighted by Crippen LogP contribution is 2.23. The molecule has 0 fully saturated rings. The number of rotatable bonds is 7. The van der Waals surface area contributed by atoms with Gasteiger partial charge in [-0.3, -0.25) is 4.79 Å². The number of fused-ring (bicyclic) bond motifs is 1. The molecule has 0 spiro atoms. The van der Waals surface area contributed by atoms with Gasteiger partial charge in [-0.15, -0.1) is 5.10 Å². The van der Waals surface area contributed by atoms with Gasteiger partial charge in [0.05, 0.1) is 18.6 Å². The van der Waals surface area contributed by atoms with Crippen molar-refractivity contribution >= 4 is 28.4 Å². The highest BCUT2D eigenvalue weighted by Gasteiger charge is 2.15. The maximum Gasteiger partial charge on any atom is 0.233 e. The van der Waals surface area contributed by atoms with E-state index < -0.39 is 0 Å². The van der Waals surface area contributed by atoms with E-state index in [1.807, 2.05) is 30.3 Å². The standard InChI is InChI=1S/C22H21N5O3S/c1-26(13-15-3-4-17-12-20(30-2)10-5-16(17)11-15)21(29)14-31-22-23-24-25-27(22)18-6-8-19(28)9-7-18/h3-12,28H,13-14H2,1-2H3. The van der Waals surface area contributed by atoms with Gasteiger partial charge in [-0.25, -0.2) is 0 Å². The fraction of sp³-hybridized carbons (Fsp3) is 0.182. The van der Waals surface area contributed by atoms with Crippen molar-refractivity contribution < 1.29 is 14.6 Å². The van der Waals surface area contributed by atoms with E-state index in [1.54, 1.807) is 43.3 Å². The number of methoxy groups -OCH3 is 1. The van der Waals surface area contributed by atoms with E-state index in [2.05, 4.69) is 21.6 Å². The van der Waals surface area contributed by atoms with Gasteiger partial charge in [-0.1, -0.05) is 30.0 Å². The van der Waals surface area contributed by atoms with Gasteiger partial charge >= 0.3 is 0 Å². The van der Waals surface area contributed by atoms with E-state index >= 15 is 0 Å². The first-order valence-corrected chi connectivity index (χ1v) is 10.5. The normalized spacial score (nSPS) is 10.9. The van der Waals surface area contributed by atoms with Gasteiger partial charge in [0.1, 0.15) is 11.5 Å². The van der Waals surface area contributed by atoms with E-state index in [0.29, 0.717) is 17.4 Å². The third-order valence-electron chi connectivity index (χ3n) is 4.82. The zero-order valence-electron chi connectivity index (χ0n) is 17.1. The number of carbonyl (C=O) groups excluding carboxylic acids is 1. The predicted molar refractivity (Wildman–Crippen MR) is 119 cm³/mol. The van der Waals surface area contributed by atoms with E-state index in [-0.39, 0.29) is 17.4 Å². The van der Waals surface area contributed by atoms with Crippen LogP contribution in [0, 0.1) is 0 Å². The molecule has 0 aliphatic rings. The first-order valence-electron chi connectivity index (χ1n) is 9.55. The van der Waals surface area contributed by atoms with Crippen LogP contribution in [0.25, 0.3) is 16.5 Å². The van der Waals surface area contributed by atoms with E-state index in [0.717, 1.165) is 22.1 Å². The Kier molecular flexibility index (Phi) is 6.03. The van der Waals surface area contributed by atoms with Crippen molar-refractivity contribution in [1.82, 2.24) is 25.1 Å². The minimum atomic E-state index is -0.0277. The molecular formula is C22H21N5O3S. The largest absolute Gasteiger partial charge is 0.508 e. The molecule has 0 aliphatic carbocycles. The van der Waals surface area contributed by atoms with Crippen LogP contribution in [0.3, 0.4) is 0 Å². The first-order chi connectivity index (χ1) is 15.0. The van der Waals surface area contributed by atoms with Gasteiger partial charge in [0.15, 0.2) is 0 Å². The predicted octanol–water partition coefficient (Wildman–Crippen LogP) is 3.28. The Bertz CT molecular complexity index is 1210. The molecule has 158 valence electrons. The van der Waals surface area contributed by atoms with Crippen LogP contribution in [0.2, 0.25) is 0 Å². The molecule has 31 heavy (non-hydrogen) atoms. The number of ether oxygens (including phenoxy) is 1. The number of nitrogens with zero attached hydrogens (tertiary/aromatic N) is 5. The lowest BCUT2D eigenvalue weighted by Crippen LogP contribution is -2.27. The summed E-state index contributed by atoms with van der Waals surface area (Å²) in [5.41, 5.74) is 1.76.